The zero-order chi connectivity index (χ0) is 12.6. The number of benzene rings is 2. The van der Waals surface area contributed by atoms with Gasteiger partial charge in [-0.25, -0.2) is 0 Å². The van der Waals surface area contributed by atoms with Gasteiger partial charge in [-0.05, 0) is 36.9 Å². The summed E-state index contributed by atoms with van der Waals surface area (Å²) < 4.78 is 0. The summed E-state index contributed by atoms with van der Waals surface area (Å²) in [6.45, 7) is 3.39. The minimum atomic E-state index is -0.892. The Morgan fingerprint density at radius 1 is 1.24 bits per heavy atom. The quantitative estimate of drug-likeness (QED) is 0.876. The number of hydrogen-bond acceptors (Lipinski definition) is 1. The maximum Gasteiger partial charge on any atom is 0.313 e. The van der Waals surface area contributed by atoms with Gasteiger partial charge in [0.05, 0.1) is 5.41 Å². The summed E-state index contributed by atoms with van der Waals surface area (Å²) in [5.41, 5.74) is -0.115. The van der Waals surface area contributed by atoms with Crippen molar-refractivity contribution in [2.75, 3.05) is 0 Å². The van der Waals surface area contributed by atoms with Crippen LogP contribution in [0.25, 0.3) is 10.8 Å². The van der Waals surface area contributed by atoms with Crippen molar-refractivity contribution in [1.29, 1.82) is 0 Å². The lowest BCUT2D eigenvalue weighted by atomic mass is 9.84. The van der Waals surface area contributed by atoms with E-state index in [1.165, 1.54) is 0 Å². The van der Waals surface area contributed by atoms with Gasteiger partial charge in [-0.2, -0.15) is 0 Å². The van der Waals surface area contributed by atoms with Crippen LogP contribution in [0.1, 0.15) is 19.4 Å². The SMILES string of the molecule is CC(C)(C(=O)O)c1ccc2c(Cl)cccc2c1. The zero-order valence-electron chi connectivity index (χ0n) is 9.70. The highest BCUT2D eigenvalue weighted by atomic mass is 35.5. The number of rotatable bonds is 2. The minimum absolute atomic E-state index is 0.683. The Kier molecular flexibility index (Phi) is 2.84. The Hall–Kier alpha value is -1.54. The van der Waals surface area contributed by atoms with Crippen LogP contribution in [-0.2, 0) is 10.2 Å². The Morgan fingerprint density at radius 3 is 2.59 bits per heavy atom. The largest absolute Gasteiger partial charge is 0.481 e. The summed E-state index contributed by atoms with van der Waals surface area (Å²) in [5, 5.41) is 11.8. The molecule has 0 bridgehead atoms. The van der Waals surface area contributed by atoms with E-state index in [1.54, 1.807) is 13.8 Å². The molecule has 2 aromatic rings. The molecule has 1 N–H and O–H groups in total. The highest BCUT2D eigenvalue weighted by Crippen LogP contribution is 2.29. The summed E-state index contributed by atoms with van der Waals surface area (Å²) in [7, 11) is 0. The van der Waals surface area contributed by atoms with Crippen LogP contribution >= 0.6 is 11.6 Å². The number of fused-ring (bicyclic) bond motifs is 1. The predicted molar refractivity (Wildman–Crippen MR) is 69.6 cm³/mol. The number of hydrogen-bond donors (Lipinski definition) is 1. The first-order valence-electron chi connectivity index (χ1n) is 5.35. The first kappa shape index (κ1) is 11.9. The van der Waals surface area contributed by atoms with E-state index >= 15 is 0 Å². The number of aliphatic carboxylic acids is 1. The summed E-state index contributed by atoms with van der Waals surface area (Å²) in [6.07, 6.45) is 0. The fourth-order valence-corrected chi connectivity index (χ4v) is 2.00. The van der Waals surface area contributed by atoms with Gasteiger partial charge < -0.3 is 5.11 Å². The third-order valence-corrected chi connectivity index (χ3v) is 3.41. The normalized spacial score (nSPS) is 11.7. The second kappa shape index (κ2) is 4.04. The molecule has 0 aliphatic rings. The number of halogens is 1. The van der Waals surface area contributed by atoms with Crippen molar-refractivity contribution in [3.63, 3.8) is 0 Å². The average molecular weight is 249 g/mol. The molecule has 0 saturated carbocycles. The van der Waals surface area contributed by atoms with E-state index in [0.29, 0.717) is 5.02 Å². The van der Waals surface area contributed by atoms with Gasteiger partial charge in [-0.15, -0.1) is 0 Å². The first-order valence-corrected chi connectivity index (χ1v) is 5.73. The summed E-state index contributed by atoms with van der Waals surface area (Å²) >= 11 is 6.07. The molecular weight excluding hydrogens is 236 g/mol. The van der Waals surface area contributed by atoms with Gasteiger partial charge in [0, 0.05) is 10.4 Å². The molecular formula is C14H13ClO2. The van der Waals surface area contributed by atoms with E-state index < -0.39 is 11.4 Å². The number of carboxylic acid groups (broad SMARTS) is 1. The Labute approximate surface area is 105 Å². The molecule has 0 aliphatic heterocycles. The first-order chi connectivity index (χ1) is 7.93. The van der Waals surface area contributed by atoms with Crippen molar-refractivity contribution in [2.24, 2.45) is 0 Å². The molecule has 0 atom stereocenters. The predicted octanol–water partition coefficient (Wildman–Crippen LogP) is 3.86. The lowest BCUT2D eigenvalue weighted by molar-refractivity contribution is -0.142. The van der Waals surface area contributed by atoms with Crippen LogP contribution in [0, 0.1) is 0 Å². The molecule has 0 unspecified atom stereocenters. The maximum absolute atomic E-state index is 11.2. The van der Waals surface area contributed by atoms with Crippen molar-refractivity contribution < 1.29 is 9.90 Å². The second-order valence-electron chi connectivity index (χ2n) is 4.61. The Balaban J connectivity index is 2.64. The molecule has 0 amide bonds. The molecule has 17 heavy (non-hydrogen) atoms. The molecule has 0 saturated heterocycles. The Morgan fingerprint density at radius 2 is 1.94 bits per heavy atom. The molecule has 0 fully saturated rings. The topological polar surface area (TPSA) is 37.3 Å². The highest BCUT2D eigenvalue weighted by molar-refractivity contribution is 6.35. The monoisotopic (exact) mass is 248 g/mol. The van der Waals surface area contributed by atoms with Gasteiger partial charge in [0.15, 0.2) is 0 Å². The van der Waals surface area contributed by atoms with Crippen LogP contribution in [0.3, 0.4) is 0 Å². The molecule has 88 valence electrons. The number of carbonyl (C=O) groups is 1. The molecule has 2 rings (SSSR count). The maximum atomic E-state index is 11.2. The molecule has 2 nitrogen and oxygen atoms in total. The van der Waals surface area contributed by atoms with Gasteiger partial charge in [-0.1, -0.05) is 35.9 Å². The molecule has 0 aliphatic carbocycles. The second-order valence-corrected chi connectivity index (χ2v) is 5.01. The van der Waals surface area contributed by atoms with Crippen molar-refractivity contribution in [3.05, 3.63) is 47.0 Å². The van der Waals surface area contributed by atoms with E-state index in [0.717, 1.165) is 16.3 Å². The van der Waals surface area contributed by atoms with Crippen LogP contribution in [0.15, 0.2) is 36.4 Å². The summed E-state index contributed by atoms with van der Waals surface area (Å²) in [6, 6.07) is 11.2. The smallest absolute Gasteiger partial charge is 0.313 e. The van der Waals surface area contributed by atoms with E-state index in [1.807, 2.05) is 36.4 Å². The fourth-order valence-electron chi connectivity index (χ4n) is 1.76. The van der Waals surface area contributed by atoms with Crippen LogP contribution < -0.4 is 0 Å². The van der Waals surface area contributed by atoms with Crippen LogP contribution in [0.4, 0.5) is 0 Å². The zero-order valence-corrected chi connectivity index (χ0v) is 10.5. The third kappa shape index (κ3) is 2.01. The van der Waals surface area contributed by atoms with E-state index in [2.05, 4.69) is 0 Å². The standard InChI is InChI=1S/C14H13ClO2/c1-14(2,13(16)17)10-6-7-11-9(8-10)4-3-5-12(11)15/h3-8H,1-2H3,(H,16,17). The molecule has 0 aromatic heterocycles. The molecule has 0 radical (unpaired) electrons. The van der Waals surface area contributed by atoms with Crippen LogP contribution in [0.2, 0.25) is 5.02 Å². The average Bonchev–Trinajstić information content (AvgIpc) is 2.28. The fraction of sp³-hybridized carbons (Fsp3) is 0.214. The van der Waals surface area contributed by atoms with E-state index in [-0.39, 0.29) is 0 Å². The van der Waals surface area contributed by atoms with Gasteiger partial charge in [0.1, 0.15) is 0 Å². The minimum Gasteiger partial charge on any atom is -0.481 e. The molecule has 3 heteroatoms. The highest BCUT2D eigenvalue weighted by Gasteiger charge is 2.29. The van der Waals surface area contributed by atoms with E-state index in [4.69, 9.17) is 11.6 Å². The van der Waals surface area contributed by atoms with Crippen molar-refractivity contribution in [1.82, 2.24) is 0 Å². The number of carboxylic acids is 1. The lowest BCUT2D eigenvalue weighted by Gasteiger charge is -2.20. The van der Waals surface area contributed by atoms with Gasteiger partial charge in [-0.3, -0.25) is 4.79 Å². The van der Waals surface area contributed by atoms with E-state index in [9.17, 15) is 9.90 Å². The summed E-state index contributed by atoms with van der Waals surface area (Å²) in [5.74, 6) is -0.834. The van der Waals surface area contributed by atoms with Crippen molar-refractivity contribution in [3.8, 4) is 0 Å². The molecule has 0 spiro atoms. The Bertz CT molecular complexity index is 588. The van der Waals surface area contributed by atoms with Crippen molar-refractivity contribution >= 4 is 28.3 Å². The van der Waals surface area contributed by atoms with Crippen LogP contribution in [0.5, 0.6) is 0 Å². The molecule has 0 heterocycles. The van der Waals surface area contributed by atoms with Gasteiger partial charge in [0.25, 0.3) is 0 Å². The van der Waals surface area contributed by atoms with Crippen LogP contribution in [-0.4, -0.2) is 11.1 Å². The summed E-state index contributed by atoms with van der Waals surface area (Å²) in [4.78, 5) is 11.2. The van der Waals surface area contributed by atoms with Gasteiger partial charge in [0.2, 0.25) is 0 Å². The van der Waals surface area contributed by atoms with Crippen molar-refractivity contribution in [2.45, 2.75) is 19.3 Å². The van der Waals surface area contributed by atoms with Gasteiger partial charge >= 0.3 is 5.97 Å². The molecule has 2 aromatic carbocycles. The third-order valence-electron chi connectivity index (χ3n) is 3.08. The lowest BCUT2D eigenvalue weighted by Crippen LogP contribution is -2.28.